The van der Waals surface area contributed by atoms with Crippen LogP contribution < -0.4 is 5.73 Å². The van der Waals surface area contributed by atoms with Gasteiger partial charge in [-0.1, -0.05) is 27.7 Å². The summed E-state index contributed by atoms with van der Waals surface area (Å²) in [5.41, 5.74) is 5.11. The summed E-state index contributed by atoms with van der Waals surface area (Å²) in [5, 5.41) is 0. The highest BCUT2D eigenvalue weighted by Gasteiger charge is 2.25. The minimum atomic E-state index is -0.237. The summed E-state index contributed by atoms with van der Waals surface area (Å²) in [5.74, 6) is 0.245. The SMILES string of the molecule is CC(CN)C(=O)C(C)(C)C. The average molecular weight is 143 g/mol. The summed E-state index contributed by atoms with van der Waals surface area (Å²) in [4.78, 5) is 11.3. The van der Waals surface area contributed by atoms with Crippen molar-refractivity contribution in [2.24, 2.45) is 17.1 Å². The molecule has 0 spiro atoms. The van der Waals surface area contributed by atoms with Gasteiger partial charge in [0.2, 0.25) is 0 Å². The van der Waals surface area contributed by atoms with Gasteiger partial charge in [0.05, 0.1) is 0 Å². The number of Topliss-reactive ketones (excluding diaryl/α,β-unsaturated/α-hetero) is 1. The molecule has 0 bridgehead atoms. The summed E-state index contributed by atoms with van der Waals surface area (Å²) in [7, 11) is 0. The van der Waals surface area contributed by atoms with Crippen LogP contribution in [0.3, 0.4) is 0 Å². The Morgan fingerprint density at radius 2 is 1.90 bits per heavy atom. The molecule has 0 aromatic carbocycles. The van der Waals surface area contributed by atoms with E-state index in [2.05, 4.69) is 0 Å². The standard InChI is InChI=1S/C8H17NO/c1-6(5-9)7(10)8(2,3)4/h6H,5,9H2,1-4H3. The normalized spacial score (nSPS) is 14.9. The van der Waals surface area contributed by atoms with Crippen LogP contribution in [0.25, 0.3) is 0 Å². The maximum atomic E-state index is 11.3. The monoisotopic (exact) mass is 143 g/mol. The lowest BCUT2D eigenvalue weighted by Crippen LogP contribution is -2.31. The molecule has 0 fully saturated rings. The van der Waals surface area contributed by atoms with Crippen LogP contribution in [0.15, 0.2) is 0 Å². The molecule has 0 rings (SSSR count). The molecule has 0 aliphatic rings. The van der Waals surface area contributed by atoms with Crippen LogP contribution in [0.5, 0.6) is 0 Å². The molecule has 0 aliphatic heterocycles. The fourth-order valence-electron chi connectivity index (χ4n) is 0.846. The van der Waals surface area contributed by atoms with Gasteiger partial charge >= 0.3 is 0 Å². The molecule has 0 saturated carbocycles. The highest BCUT2D eigenvalue weighted by Crippen LogP contribution is 2.18. The van der Waals surface area contributed by atoms with E-state index in [1.807, 2.05) is 27.7 Å². The lowest BCUT2D eigenvalue weighted by Gasteiger charge is -2.20. The predicted molar refractivity (Wildman–Crippen MR) is 42.7 cm³/mol. The van der Waals surface area contributed by atoms with Crippen LogP contribution in [-0.4, -0.2) is 12.3 Å². The minimum Gasteiger partial charge on any atom is -0.330 e. The first-order valence-corrected chi connectivity index (χ1v) is 3.64. The van der Waals surface area contributed by atoms with Crippen LogP contribution in [0.4, 0.5) is 0 Å². The smallest absolute Gasteiger partial charge is 0.142 e. The molecule has 0 radical (unpaired) electrons. The Balaban J connectivity index is 4.09. The maximum absolute atomic E-state index is 11.3. The summed E-state index contributed by atoms with van der Waals surface area (Å²) >= 11 is 0. The van der Waals surface area contributed by atoms with E-state index in [0.29, 0.717) is 6.54 Å². The molecule has 0 amide bonds. The Labute approximate surface area is 62.8 Å². The van der Waals surface area contributed by atoms with E-state index in [9.17, 15) is 4.79 Å². The molecule has 0 heterocycles. The molecule has 0 saturated heterocycles. The molecule has 0 aliphatic carbocycles. The van der Waals surface area contributed by atoms with E-state index in [0.717, 1.165) is 0 Å². The van der Waals surface area contributed by atoms with Gasteiger partial charge in [-0.25, -0.2) is 0 Å². The molecule has 10 heavy (non-hydrogen) atoms. The number of hydrogen-bond acceptors (Lipinski definition) is 2. The summed E-state index contributed by atoms with van der Waals surface area (Å²) < 4.78 is 0. The topological polar surface area (TPSA) is 43.1 Å². The minimum absolute atomic E-state index is 0.000000000000000444. The van der Waals surface area contributed by atoms with Crippen molar-refractivity contribution in [2.45, 2.75) is 27.7 Å². The van der Waals surface area contributed by atoms with Gasteiger partial charge in [-0.15, -0.1) is 0 Å². The Morgan fingerprint density at radius 3 is 2.00 bits per heavy atom. The van der Waals surface area contributed by atoms with Crippen molar-refractivity contribution in [1.29, 1.82) is 0 Å². The molecule has 0 aromatic heterocycles. The Hall–Kier alpha value is -0.370. The van der Waals surface area contributed by atoms with Crippen LogP contribution in [0, 0.1) is 11.3 Å². The van der Waals surface area contributed by atoms with Crippen molar-refractivity contribution in [3.8, 4) is 0 Å². The van der Waals surface area contributed by atoms with Crippen LogP contribution in [-0.2, 0) is 4.79 Å². The van der Waals surface area contributed by atoms with Crippen LogP contribution in [0.2, 0.25) is 0 Å². The molecular weight excluding hydrogens is 126 g/mol. The molecule has 2 N–H and O–H groups in total. The van der Waals surface area contributed by atoms with Gasteiger partial charge in [0.15, 0.2) is 0 Å². The number of ketones is 1. The average Bonchev–Trinajstić information content (AvgIpc) is 1.83. The first-order chi connectivity index (χ1) is 4.39. The number of carbonyl (C=O) groups is 1. The zero-order valence-electron chi connectivity index (χ0n) is 7.27. The van der Waals surface area contributed by atoms with E-state index < -0.39 is 0 Å². The third-order valence-corrected chi connectivity index (χ3v) is 1.54. The fraction of sp³-hybridized carbons (Fsp3) is 0.875. The second-order valence-electron chi connectivity index (χ2n) is 3.75. The zero-order chi connectivity index (χ0) is 8.36. The summed E-state index contributed by atoms with van der Waals surface area (Å²) in [6.45, 7) is 8.08. The number of rotatable bonds is 2. The highest BCUT2D eigenvalue weighted by molar-refractivity contribution is 5.85. The van der Waals surface area contributed by atoms with Gasteiger partial charge in [0.25, 0.3) is 0 Å². The van der Waals surface area contributed by atoms with Gasteiger partial charge in [0.1, 0.15) is 5.78 Å². The molecule has 1 atom stereocenters. The van der Waals surface area contributed by atoms with Crippen molar-refractivity contribution >= 4 is 5.78 Å². The van der Waals surface area contributed by atoms with Gasteiger partial charge < -0.3 is 5.73 Å². The van der Waals surface area contributed by atoms with Crippen molar-refractivity contribution < 1.29 is 4.79 Å². The van der Waals surface area contributed by atoms with Crippen molar-refractivity contribution in [3.63, 3.8) is 0 Å². The molecule has 0 aromatic rings. The number of carbonyl (C=O) groups excluding carboxylic acids is 1. The van der Waals surface area contributed by atoms with E-state index in [1.165, 1.54) is 0 Å². The van der Waals surface area contributed by atoms with Gasteiger partial charge in [0, 0.05) is 17.9 Å². The predicted octanol–water partition coefficient (Wildman–Crippen LogP) is 1.20. The van der Waals surface area contributed by atoms with Gasteiger partial charge in [-0.3, -0.25) is 4.79 Å². The Morgan fingerprint density at radius 1 is 1.50 bits per heavy atom. The second kappa shape index (κ2) is 3.15. The first kappa shape index (κ1) is 9.63. The fourth-order valence-corrected chi connectivity index (χ4v) is 0.846. The summed E-state index contributed by atoms with van der Waals surface area (Å²) in [6.07, 6.45) is 0. The Kier molecular flexibility index (Phi) is 3.03. The molecule has 2 heteroatoms. The zero-order valence-corrected chi connectivity index (χ0v) is 7.27. The second-order valence-corrected chi connectivity index (χ2v) is 3.75. The van der Waals surface area contributed by atoms with Crippen LogP contribution in [0.1, 0.15) is 27.7 Å². The number of hydrogen-bond donors (Lipinski definition) is 1. The first-order valence-electron chi connectivity index (χ1n) is 3.64. The lowest BCUT2D eigenvalue weighted by atomic mass is 9.84. The Bertz CT molecular complexity index is 124. The third-order valence-electron chi connectivity index (χ3n) is 1.54. The van der Waals surface area contributed by atoms with E-state index >= 15 is 0 Å². The van der Waals surface area contributed by atoms with Crippen molar-refractivity contribution in [2.75, 3.05) is 6.54 Å². The van der Waals surface area contributed by atoms with Gasteiger partial charge in [-0.05, 0) is 0 Å². The molecular formula is C8H17NO. The lowest BCUT2D eigenvalue weighted by molar-refractivity contribution is -0.129. The maximum Gasteiger partial charge on any atom is 0.142 e. The third kappa shape index (κ3) is 2.48. The van der Waals surface area contributed by atoms with Crippen LogP contribution >= 0.6 is 0 Å². The number of nitrogens with two attached hydrogens (primary N) is 1. The largest absolute Gasteiger partial charge is 0.330 e. The van der Waals surface area contributed by atoms with E-state index in [-0.39, 0.29) is 17.1 Å². The van der Waals surface area contributed by atoms with Crippen molar-refractivity contribution in [1.82, 2.24) is 0 Å². The van der Waals surface area contributed by atoms with E-state index in [1.54, 1.807) is 0 Å². The highest BCUT2D eigenvalue weighted by atomic mass is 16.1. The molecule has 2 nitrogen and oxygen atoms in total. The van der Waals surface area contributed by atoms with E-state index in [4.69, 9.17) is 5.73 Å². The van der Waals surface area contributed by atoms with Crippen molar-refractivity contribution in [3.05, 3.63) is 0 Å². The quantitative estimate of drug-likeness (QED) is 0.631. The van der Waals surface area contributed by atoms with Gasteiger partial charge in [-0.2, -0.15) is 0 Å². The molecule has 1 unspecified atom stereocenters. The summed E-state index contributed by atoms with van der Waals surface area (Å²) in [6, 6.07) is 0. The molecule has 60 valence electrons.